The van der Waals surface area contributed by atoms with Gasteiger partial charge >= 0.3 is 5.97 Å². The number of halogens is 2. The smallest absolute Gasteiger partial charge is 0.329 e. The summed E-state index contributed by atoms with van der Waals surface area (Å²) in [7, 11) is 0. The molecule has 1 aromatic rings. The van der Waals surface area contributed by atoms with E-state index >= 15 is 0 Å². The molecule has 314 valence electrons. The van der Waals surface area contributed by atoms with Crippen LogP contribution in [0.1, 0.15) is 78.2 Å². The highest BCUT2D eigenvalue weighted by atomic mass is 19.1. The number of cyclic esters (lactones) is 1. The molecular formula is C39H54F2N6O10. The number of nitrogens with zero attached hydrogens (tertiary/aromatic N) is 3. The molecule has 4 saturated heterocycles. The molecular weight excluding hydrogens is 750 g/mol. The number of rotatable bonds is 10. The van der Waals surface area contributed by atoms with Crippen LogP contribution < -0.4 is 16.0 Å². The Balaban J connectivity index is 1.51. The van der Waals surface area contributed by atoms with Crippen LogP contribution in [0.25, 0.3) is 0 Å². The van der Waals surface area contributed by atoms with Gasteiger partial charge in [0.1, 0.15) is 54.0 Å². The van der Waals surface area contributed by atoms with Crippen LogP contribution in [0.3, 0.4) is 0 Å². The maximum Gasteiger partial charge on any atom is 0.329 e. The number of amides is 6. The quantitative estimate of drug-likeness (QED) is 0.189. The van der Waals surface area contributed by atoms with E-state index < -0.39 is 102 Å². The molecule has 4 fully saturated rings. The number of aliphatic hydroxyl groups excluding tert-OH is 1. The first-order valence-corrected chi connectivity index (χ1v) is 19.8. The second-order valence-corrected chi connectivity index (χ2v) is 15.6. The van der Waals surface area contributed by atoms with Crippen LogP contribution in [0.4, 0.5) is 8.78 Å². The van der Waals surface area contributed by atoms with Crippen molar-refractivity contribution in [2.24, 2.45) is 5.92 Å². The molecule has 16 nitrogen and oxygen atoms in total. The van der Waals surface area contributed by atoms with Crippen LogP contribution in [-0.2, 0) is 49.5 Å². The minimum atomic E-state index is -1.71. The van der Waals surface area contributed by atoms with Crippen molar-refractivity contribution in [3.63, 3.8) is 0 Å². The Morgan fingerprint density at radius 2 is 1.60 bits per heavy atom. The highest BCUT2D eigenvalue weighted by Gasteiger charge is 2.49. The molecule has 1 unspecified atom stereocenters. The maximum absolute atomic E-state index is 14.6. The van der Waals surface area contributed by atoms with E-state index in [1.54, 1.807) is 0 Å². The number of unbranched alkanes of at least 4 members (excludes halogenated alkanes) is 3. The van der Waals surface area contributed by atoms with Gasteiger partial charge in [0.15, 0.2) is 0 Å². The minimum absolute atomic E-state index is 0.0335. The van der Waals surface area contributed by atoms with Crippen LogP contribution in [0.2, 0.25) is 0 Å². The monoisotopic (exact) mass is 804 g/mol. The van der Waals surface area contributed by atoms with E-state index in [-0.39, 0.29) is 70.0 Å². The lowest BCUT2D eigenvalue weighted by Gasteiger charge is -2.39. The SMILES string of the molecule is CCCCCCC(=O)N[C@@H](Cc1cc(F)cc(F)c1)C(=O)N[C@@H]1C(=O)N2C[C@H](O)C[C@H]2C(=O)N2CCOC[C@H]2C(=O)N[C@@H](C)C(=O)N2C[C@H](C)CC2C(=O)O[C@H]1C. The number of aliphatic hydroxyl groups is 1. The lowest BCUT2D eigenvalue weighted by atomic mass is 10.0. The Morgan fingerprint density at radius 3 is 2.30 bits per heavy atom. The molecule has 0 aliphatic carbocycles. The molecule has 0 radical (unpaired) electrons. The van der Waals surface area contributed by atoms with E-state index in [0.29, 0.717) is 12.5 Å². The average molecular weight is 805 g/mol. The summed E-state index contributed by atoms with van der Waals surface area (Å²) in [5.74, 6) is -7.17. The van der Waals surface area contributed by atoms with Gasteiger partial charge in [0, 0.05) is 45.0 Å². The minimum Gasteiger partial charge on any atom is -0.458 e. The summed E-state index contributed by atoms with van der Waals surface area (Å²) >= 11 is 0. The van der Waals surface area contributed by atoms with Gasteiger partial charge in [-0.2, -0.15) is 0 Å². The summed E-state index contributed by atoms with van der Waals surface area (Å²) in [6, 6.07) is -5.20. The molecule has 4 N–H and O–H groups in total. The van der Waals surface area contributed by atoms with E-state index in [9.17, 15) is 47.4 Å². The number of morpholine rings is 1. The average Bonchev–Trinajstić information content (AvgIpc) is 3.75. The zero-order valence-electron chi connectivity index (χ0n) is 32.8. The first-order chi connectivity index (χ1) is 27.1. The van der Waals surface area contributed by atoms with Crippen molar-refractivity contribution in [1.29, 1.82) is 0 Å². The van der Waals surface area contributed by atoms with E-state index in [4.69, 9.17) is 9.47 Å². The van der Waals surface area contributed by atoms with E-state index in [1.165, 1.54) is 23.6 Å². The molecule has 0 spiro atoms. The highest BCUT2D eigenvalue weighted by molar-refractivity contribution is 5.98. The number of esters is 1. The van der Waals surface area contributed by atoms with Crippen LogP contribution in [0.5, 0.6) is 0 Å². The van der Waals surface area contributed by atoms with Gasteiger partial charge in [-0.05, 0) is 50.3 Å². The summed E-state index contributed by atoms with van der Waals surface area (Å²) in [4.78, 5) is 101. The molecule has 6 amide bonds. The Hall–Kier alpha value is -4.71. The topological polar surface area (TPSA) is 204 Å². The van der Waals surface area contributed by atoms with Crippen molar-refractivity contribution >= 4 is 41.4 Å². The molecule has 4 aliphatic rings. The number of fused-ring (bicyclic) bond motifs is 3. The van der Waals surface area contributed by atoms with Gasteiger partial charge in [0.2, 0.25) is 35.4 Å². The van der Waals surface area contributed by atoms with E-state index in [0.717, 1.165) is 36.3 Å². The second kappa shape index (κ2) is 19.2. The lowest BCUT2D eigenvalue weighted by molar-refractivity contribution is -0.164. The van der Waals surface area contributed by atoms with Gasteiger partial charge in [-0.3, -0.25) is 28.8 Å². The van der Waals surface area contributed by atoms with Gasteiger partial charge in [-0.25, -0.2) is 13.6 Å². The summed E-state index contributed by atoms with van der Waals surface area (Å²) in [6.07, 6.45) is 0.147. The predicted octanol–water partition coefficient (Wildman–Crippen LogP) is 0.324. The third kappa shape index (κ3) is 10.6. The Bertz CT molecular complexity index is 1680. The molecule has 9 atom stereocenters. The Morgan fingerprint density at radius 1 is 0.895 bits per heavy atom. The fourth-order valence-corrected chi connectivity index (χ4v) is 8.00. The number of carbonyl (C=O) groups excluding carboxylic acids is 7. The van der Waals surface area contributed by atoms with Crippen LogP contribution in [-0.4, -0.2) is 143 Å². The number of carbonyl (C=O) groups is 7. The van der Waals surface area contributed by atoms with Crippen LogP contribution in [0.15, 0.2) is 18.2 Å². The van der Waals surface area contributed by atoms with Crippen molar-refractivity contribution in [1.82, 2.24) is 30.7 Å². The van der Waals surface area contributed by atoms with Gasteiger partial charge < -0.3 is 45.2 Å². The van der Waals surface area contributed by atoms with E-state index in [1.807, 2.05) is 13.8 Å². The number of nitrogens with one attached hydrogen (secondary N) is 3. The zero-order chi connectivity index (χ0) is 41.6. The summed E-state index contributed by atoms with van der Waals surface area (Å²) in [5.41, 5.74) is 0.0366. The Labute approximate surface area is 330 Å². The van der Waals surface area contributed by atoms with Gasteiger partial charge in [0.05, 0.1) is 19.3 Å². The fourth-order valence-electron chi connectivity index (χ4n) is 8.00. The molecule has 4 heterocycles. The standard InChI is InChI=1S/C39H54F2N6O10/c1-5-6-7-8-9-32(49)43-28(15-24-13-25(40)16-26(41)14-24)34(50)44-33-23(4)57-39(55)30-12-21(2)18-46(30)36(52)22(3)42-35(51)31-20-56-11-10-45(31)37(53)29-17-27(48)19-47(29)38(33)54/h13-14,16,21-23,27-31,33,48H,5-12,15,17-20H2,1-4H3,(H,42,51)(H,43,49)(H,44,50)/t21-,22+,23+,27-,28+,29+,30?,31+,33+/m1/s1. The number of ether oxygens (including phenoxy) is 2. The van der Waals surface area contributed by atoms with Crippen LogP contribution in [0, 0.1) is 17.6 Å². The maximum atomic E-state index is 14.6. The first kappa shape index (κ1) is 43.4. The molecule has 1 aromatic carbocycles. The van der Waals surface area contributed by atoms with Gasteiger partial charge in [-0.15, -0.1) is 0 Å². The molecule has 0 saturated carbocycles. The molecule has 4 aliphatic heterocycles. The zero-order valence-corrected chi connectivity index (χ0v) is 32.8. The van der Waals surface area contributed by atoms with Crippen molar-refractivity contribution in [3.8, 4) is 0 Å². The van der Waals surface area contributed by atoms with Gasteiger partial charge in [-0.1, -0.05) is 33.1 Å². The summed E-state index contributed by atoms with van der Waals surface area (Å²) < 4.78 is 39.9. The molecule has 0 aromatic heterocycles. The van der Waals surface area contributed by atoms with Crippen LogP contribution >= 0.6 is 0 Å². The number of hydrogen-bond acceptors (Lipinski definition) is 10. The largest absolute Gasteiger partial charge is 0.458 e. The number of hydrogen-bond donors (Lipinski definition) is 4. The highest BCUT2D eigenvalue weighted by Crippen LogP contribution is 2.28. The second-order valence-electron chi connectivity index (χ2n) is 15.6. The fraction of sp³-hybridized carbons (Fsp3) is 0.667. The van der Waals surface area contributed by atoms with Crippen molar-refractivity contribution in [3.05, 3.63) is 35.4 Å². The molecule has 5 rings (SSSR count). The molecule has 57 heavy (non-hydrogen) atoms. The summed E-state index contributed by atoms with van der Waals surface area (Å²) in [6.45, 7) is 6.32. The van der Waals surface area contributed by atoms with Crippen molar-refractivity contribution in [2.45, 2.75) is 128 Å². The summed E-state index contributed by atoms with van der Waals surface area (Å²) in [5, 5.41) is 18.7. The Kier molecular flexibility index (Phi) is 14.6. The lowest BCUT2D eigenvalue weighted by Crippen LogP contribution is -2.64. The number of benzene rings is 1. The van der Waals surface area contributed by atoms with E-state index in [2.05, 4.69) is 16.0 Å². The normalized spacial score (nSPS) is 29.2. The van der Waals surface area contributed by atoms with Crippen molar-refractivity contribution < 1.29 is 56.9 Å². The predicted molar refractivity (Wildman–Crippen MR) is 198 cm³/mol. The molecule has 0 bridgehead atoms. The third-order valence-corrected chi connectivity index (χ3v) is 11.0. The molecule has 18 heteroatoms. The van der Waals surface area contributed by atoms with Gasteiger partial charge in [0.25, 0.3) is 0 Å². The third-order valence-electron chi connectivity index (χ3n) is 11.0. The van der Waals surface area contributed by atoms with Crippen molar-refractivity contribution in [2.75, 3.05) is 32.8 Å². The first-order valence-electron chi connectivity index (χ1n) is 19.8.